The maximum absolute atomic E-state index is 11.9. The predicted molar refractivity (Wildman–Crippen MR) is 101 cm³/mol. The zero-order valence-electron chi connectivity index (χ0n) is 17.4. The Morgan fingerprint density at radius 2 is 1.82 bits per heavy atom. The Morgan fingerprint density at radius 3 is 2.39 bits per heavy atom. The third-order valence-electron chi connectivity index (χ3n) is 5.21. The van der Waals surface area contributed by atoms with Crippen molar-refractivity contribution in [2.24, 2.45) is 5.41 Å². The van der Waals surface area contributed by atoms with Gasteiger partial charge in [-0.2, -0.15) is 0 Å². The first kappa shape index (κ1) is 21.8. The van der Waals surface area contributed by atoms with Gasteiger partial charge in [0.1, 0.15) is 5.60 Å². The summed E-state index contributed by atoms with van der Waals surface area (Å²) in [6, 6.07) is 0. The monoisotopic (exact) mass is 401 g/mol. The third kappa shape index (κ3) is 6.29. The van der Waals surface area contributed by atoms with Gasteiger partial charge >= 0.3 is 6.09 Å². The van der Waals surface area contributed by atoms with E-state index < -0.39 is 5.60 Å². The SMILES string of the molecule is CC(C)(C)OC(=O)N1CC(OCCCOCC2(CO[C@H]3C[C@H](O)C3)COC2)C1. The van der Waals surface area contributed by atoms with Gasteiger partial charge in [0.2, 0.25) is 0 Å². The van der Waals surface area contributed by atoms with Crippen LogP contribution in [0.1, 0.15) is 40.0 Å². The van der Waals surface area contributed by atoms with Crippen LogP contribution in [0.25, 0.3) is 0 Å². The molecular weight excluding hydrogens is 366 g/mol. The summed E-state index contributed by atoms with van der Waals surface area (Å²) >= 11 is 0. The number of hydrogen-bond donors (Lipinski definition) is 1. The lowest BCUT2D eigenvalue weighted by molar-refractivity contribution is -0.198. The maximum atomic E-state index is 11.9. The van der Waals surface area contributed by atoms with Crippen molar-refractivity contribution in [1.29, 1.82) is 0 Å². The standard InChI is InChI=1S/C20H35NO7/c1-19(2,3)28-18(23)21-9-17(10-21)26-6-4-5-24-11-20(12-25-13-20)14-27-16-7-15(22)8-16/h15-17,22H,4-14H2,1-3H3/t15-,16-. The Labute approximate surface area is 167 Å². The molecule has 1 saturated carbocycles. The highest BCUT2D eigenvalue weighted by Crippen LogP contribution is 2.31. The van der Waals surface area contributed by atoms with E-state index in [4.69, 9.17) is 23.7 Å². The summed E-state index contributed by atoms with van der Waals surface area (Å²) in [6.07, 6.45) is 2.09. The first-order valence-corrected chi connectivity index (χ1v) is 10.3. The first-order chi connectivity index (χ1) is 13.2. The highest BCUT2D eigenvalue weighted by molar-refractivity contribution is 5.69. The maximum Gasteiger partial charge on any atom is 0.410 e. The van der Waals surface area contributed by atoms with E-state index in [9.17, 15) is 9.90 Å². The molecule has 0 atom stereocenters. The molecule has 0 bridgehead atoms. The Kier molecular flexibility index (Phi) is 7.20. The largest absolute Gasteiger partial charge is 0.444 e. The van der Waals surface area contributed by atoms with Gasteiger partial charge in [0.25, 0.3) is 0 Å². The van der Waals surface area contributed by atoms with E-state index >= 15 is 0 Å². The molecule has 28 heavy (non-hydrogen) atoms. The third-order valence-corrected chi connectivity index (χ3v) is 5.21. The van der Waals surface area contributed by atoms with Crippen LogP contribution in [-0.4, -0.2) is 92.7 Å². The summed E-state index contributed by atoms with van der Waals surface area (Å²) in [5, 5.41) is 9.32. The minimum atomic E-state index is -0.465. The minimum absolute atomic E-state index is 0.0384. The molecule has 3 rings (SSSR count). The summed E-state index contributed by atoms with van der Waals surface area (Å²) < 4.78 is 28.1. The number of rotatable bonds is 10. The van der Waals surface area contributed by atoms with Gasteiger partial charge in [-0.05, 0) is 40.0 Å². The van der Waals surface area contributed by atoms with E-state index in [0.717, 1.165) is 19.3 Å². The molecule has 8 nitrogen and oxygen atoms in total. The molecule has 0 aromatic carbocycles. The number of carbonyl (C=O) groups excluding carboxylic acids is 1. The Morgan fingerprint density at radius 1 is 1.11 bits per heavy atom. The van der Waals surface area contributed by atoms with Crippen LogP contribution in [0.4, 0.5) is 4.79 Å². The van der Waals surface area contributed by atoms with Gasteiger partial charge in [-0.15, -0.1) is 0 Å². The molecule has 0 aromatic rings. The summed E-state index contributed by atoms with van der Waals surface area (Å²) in [5.41, 5.74) is -0.503. The molecule has 0 aromatic heterocycles. The second-order valence-corrected chi connectivity index (χ2v) is 9.34. The number of likely N-dealkylation sites (tertiary alicyclic amines) is 1. The van der Waals surface area contributed by atoms with Crippen LogP contribution in [0.2, 0.25) is 0 Å². The van der Waals surface area contributed by atoms with Crippen LogP contribution in [0.5, 0.6) is 0 Å². The molecule has 1 N–H and O–H groups in total. The van der Waals surface area contributed by atoms with Crippen molar-refractivity contribution in [3.05, 3.63) is 0 Å². The smallest absolute Gasteiger partial charge is 0.410 e. The van der Waals surface area contributed by atoms with E-state index in [1.807, 2.05) is 20.8 Å². The quantitative estimate of drug-likeness (QED) is 0.556. The average molecular weight is 402 g/mol. The van der Waals surface area contributed by atoms with Gasteiger partial charge in [0.05, 0.1) is 63.2 Å². The zero-order chi connectivity index (χ0) is 20.2. The van der Waals surface area contributed by atoms with Crippen molar-refractivity contribution in [1.82, 2.24) is 4.90 Å². The highest BCUT2D eigenvalue weighted by Gasteiger charge is 2.41. The Balaban J connectivity index is 1.18. The van der Waals surface area contributed by atoms with Crippen LogP contribution < -0.4 is 0 Å². The van der Waals surface area contributed by atoms with E-state index in [-0.39, 0.29) is 29.8 Å². The second-order valence-electron chi connectivity index (χ2n) is 9.34. The normalized spacial score (nSPS) is 26.9. The number of aliphatic hydroxyl groups excluding tert-OH is 1. The lowest BCUT2D eigenvalue weighted by atomic mass is 9.87. The molecule has 1 aliphatic carbocycles. The van der Waals surface area contributed by atoms with Crippen molar-refractivity contribution >= 4 is 6.09 Å². The van der Waals surface area contributed by atoms with Crippen molar-refractivity contribution < 1.29 is 33.6 Å². The summed E-state index contributed by atoms with van der Waals surface area (Å²) in [4.78, 5) is 13.5. The van der Waals surface area contributed by atoms with Crippen LogP contribution in [0.3, 0.4) is 0 Å². The van der Waals surface area contributed by atoms with Crippen molar-refractivity contribution in [3.8, 4) is 0 Å². The Hall–Kier alpha value is -0.930. The van der Waals surface area contributed by atoms with E-state index in [1.165, 1.54) is 0 Å². The molecule has 0 spiro atoms. The van der Waals surface area contributed by atoms with Crippen LogP contribution >= 0.6 is 0 Å². The van der Waals surface area contributed by atoms with E-state index in [1.54, 1.807) is 4.90 Å². The average Bonchev–Trinajstić information content (AvgIpc) is 2.49. The fourth-order valence-electron chi connectivity index (χ4n) is 3.29. The molecule has 2 heterocycles. The molecule has 3 fully saturated rings. The van der Waals surface area contributed by atoms with Crippen LogP contribution in [-0.2, 0) is 23.7 Å². The molecular formula is C20H35NO7. The van der Waals surface area contributed by atoms with Gasteiger partial charge in [-0.1, -0.05) is 0 Å². The lowest BCUT2D eigenvalue weighted by Crippen LogP contribution is -2.56. The fraction of sp³-hybridized carbons (Fsp3) is 0.950. The van der Waals surface area contributed by atoms with Gasteiger partial charge in [0.15, 0.2) is 0 Å². The fourth-order valence-corrected chi connectivity index (χ4v) is 3.29. The van der Waals surface area contributed by atoms with Crippen LogP contribution in [0, 0.1) is 5.41 Å². The van der Waals surface area contributed by atoms with Gasteiger partial charge in [0, 0.05) is 13.2 Å². The molecule has 1 amide bonds. The number of nitrogens with zero attached hydrogens (tertiary/aromatic N) is 1. The molecule has 3 aliphatic rings. The summed E-state index contributed by atoms with van der Waals surface area (Å²) in [5.74, 6) is 0. The second kappa shape index (κ2) is 9.26. The zero-order valence-corrected chi connectivity index (χ0v) is 17.4. The molecule has 162 valence electrons. The highest BCUT2D eigenvalue weighted by atomic mass is 16.6. The number of aliphatic hydroxyl groups is 1. The molecule has 2 aliphatic heterocycles. The van der Waals surface area contributed by atoms with Crippen molar-refractivity contribution in [2.75, 3.05) is 52.7 Å². The van der Waals surface area contributed by atoms with Gasteiger partial charge in [-0.25, -0.2) is 4.79 Å². The number of ether oxygens (including phenoxy) is 5. The molecule has 2 saturated heterocycles. The van der Waals surface area contributed by atoms with E-state index in [0.29, 0.717) is 52.7 Å². The van der Waals surface area contributed by atoms with Crippen molar-refractivity contribution in [2.45, 2.75) is 63.9 Å². The number of hydrogen-bond acceptors (Lipinski definition) is 7. The number of carbonyl (C=O) groups is 1. The molecule has 0 unspecified atom stereocenters. The number of amides is 1. The van der Waals surface area contributed by atoms with Gasteiger partial charge < -0.3 is 33.7 Å². The molecule has 8 heteroatoms. The first-order valence-electron chi connectivity index (χ1n) is 10.3. The van der Waals surface area contributed by atoms with E-state index in [2.05, 4.69) is 0 Å². The van der Waals surface area contributed by atoms with Crippen LogP contribution in [0.15, 0.2) is 0 Å². The lowest BCUT2D eigenvalue weighted by Gasteiger charge is -2.43. The van der Waals surface area contributed by atoms with Gasteiger partial charge in [-0.3, -0.25) is 0 Å². The van der Waals surface area contributed by atoms with Crippen molar-refractivity contribution in [3.63, 3.8) is 0 Å². The molecule has 0 radical (unpaired) electrons. The predicted octanol–water partition coefficient (Wildman–Crippen LogP) is 1.59. The topological polar surface area (TPSA) is 86.7 Å². The minimum Gasteiger partial charge on any atom is -0.444 e. The summed E-state index contributed by atoms with van der Waals surface area (Å²) in [7, 11) is 0. The summed E-state index contributed by atoms with van der Waals surface area (Å²) in [6.45, 7) is 10.6. The Bertz CT molecular complexity index is 505.